The summed E-state index contributed by atoms with van der Waals surface area (Å²) in [4.78, 5) is 29.0. The van der Waals surface area contributed by atoms with Crippen LogP contribution >= 0.6 is 0 Å². The van der Waals surface area contributed by atoms with E-state index in [0.29, 0.717) is 0 Å². The van der Waals surface area contributed by atoms with Gasteiger partial charge < -0.3 is 5.32 Å². The van der Waals surface area contributed by atoms with Crippen LogP contribution in [0.4, 0.5) is 43.4 Å². The smallest absolute Gasteiger partial charge is 0.307 e. The number of nitrogens with zero attached hydrogens (tertiary/aromatic N) is 2. The van der Waals surface area contributed by atoms with Gasteiger partial charge in [0, 0.05) is 12.1 Å². The van der Waals surface area contributed by atoms with Gasteiger partial charge in [0.2, 0.25) is 0 Å². The van der Waals surface area contributed by atoms with E-state index in [-0.39, 0.29) is 12.1 Å². The summed E-state index contributed by atoms with van der Waals surface area (Å²) < 4.78 is 74.0. The molecule has 0 aliphatic carbocycles. The van der Waals surface area contributed by atoms with Gasteiger partial charge in [-0.3, -0.25) is 25.0 Å². The Morgan fingerprint density at radius 1 is 0.957 bits per heavy atom. The highest BCUT2D eigenvalue weighted by Crippen LogP contribution is 2.41. The monoisotopic (exact) mass is 347 g/mol. The van der Waals surface area contributed by atoms with Crippen LogP contribution in [0.5, 0.6) is 0 Å². The van der Waals surface area contributed by atoms with Crippen molar-refractivity contribution in [2.45, 2.75) is 12.4 Å². The molecule has 0 atom stereocenters. The molecular weight excluding hydrogens is 344 g/mol. The van der Waals surface area contributed by atoms with E-state index in [4.69, 9.17) is 0 Å². The first-order chi connectivity index (χ1) is 10.2. The molecule has 0 saturated carbocycles. The van der Waals surface area contributed by atoms with Crippen molar-refractivity contribution in [1.29, 1.82) is 0 Å². The summed E-state index contributed by atoms with van der Waals surface area (Å²) in [5.74, 6) is -2.82. The molecule has 1 aromatic rings. The fourth-order valence-corrected chi connectivity index (χ4v) is 1.38. The third-order valence-corrected chi connectivity index (χ3v) is 2.31. The molecule has 1 N–H and O–H groups in total. The van der Waals surface area contributed by atoms with Gasteiger partial charge >= 0.3 is 29.6 Å². The molecule has 0 saturated heterocycles. The first-order valence-electron chi connectivity index (χ1n) is 5.17. The zero-order chi connectivity index (χ0) is 18.2. The summed E-state index contributed by atoms with van der Waals surface area (Å²) in [6, 6.07) is -0.446. The van der Waals surface area contributed by atoms with Gasteiger partial charge in [-0.1, -0.05) is 0 Å². The van der Waals surface area contributed by atoms with Crippen LogP contribution in [0.1, 0.15) is 5.56 Å². The van der Waals surface area contributed by atoms with Crippen molar-refractivity contribution >= 4 is 23.0 Å². The summed E-state index contributed by atoms with van der Waals surface area (Å²) in [6.45, 7) is 0. The Kier molecular flexibility index (Phi) is 4.49. The largest absolute Gasteiger partial charge is 0.471 e. The van der Waals surface area contributed by atoms with Crippen LogP contribution in [0, 0.1) is 20.2 Å². The van der Waals surface area contributed by atoms with Crippen LogP contribution in [0.3, 0.4) is 0 Å². The topological polar surface area (TPSA) is 115 Å². The molecule has 0 spiro atoms. The number of carbonyl (C=O) groups excluding carboxylic acids is 1. The lowest BCUT2D eigenvalue weighted by molar-refractivity contribution is -0.392. The van der Waals surface area contributed by atoms with Gasteiger partial charge in [0.1, 0.15) is 0 Å². The number of hydrogen-bond donors (Lipinski definition) is 1. The van der Waals surface area contributed by atoms with Crippen molar-refractivity contribution < 1.29 is 41.0 Å². The summed E-state index contributed by atoms with van der Waals surface area (Å²) >= 11 is 0. The third-order valence-electron chi connectivity index (χ3n) is 2.31. The highest BCUT2D eigenvalue weighted by atomic mass is 19.4. The highest BCUT2D eigenvalue weighted by Gasteiger charge is 2.43. The Labute approximate surface area is 121 Å². The first-order valence-corrected chi connectivity index (χ1v) is 5.17. The van der Waals surface area contributed by atoms with Crippen molar-refractivity contribution in [3.63, 3.8) is 0 Å². The molecule has 0 aliphatic heterocycles. The fraction of sp³-hybridized carbons (Fsp3) is 0.222. The number of nitro benzene ring substituents is 2. The number of nitrogens with one attached hydrogen (secondary N) is 1. The second-order valence-corrected chi connectivity index (χ2v) is 3.85. The van der Waals surface area contributed by atoms with E-state index in [1.54, 1.807) is 0 Å². The van der Waals surface area contributed by atoms with Gasteiger partial charge in [-0.05, 0) is 0 Å². The second-order valence-electron chi connectivity index (χ2n) is 3.85. The third kappa shape index (κ3) is 4.04. The van der Waals surface area contributed by atoms with E-state index in [0.717, 1.165) is 5.32 Å². The molecule has 0 radical (unpaired) electrons. The standard InChI is InChI=1S/C9H3F6N3O5/c10-8(11,12)3-1-4(17(20)21)6(5(2-3)18(22)23)16-7(19)9(13,14)15/h1-2H,(H,16,19). The van der Waals surface area contributed by atoms with Crippen LogP contribution in [0.15, 0.2) is 12.1 Å². The number of halogens is 6. The first kappa shape index (κ1) is 18.1. The Balaban J connectivity index is 3.63. The molecule has 0 aromatic heterocycles. The molecule has 0 unspecified atom stereocenters. The maximum Gasteiger partial charge on any atom is 0.471 e. The Bertz CT molecular complexity index is 648. The van der Waals surface area contributed by atoms with Crippen molar-refractivity contribution in [2.75, 3.05) is 5.32 Å². The molecule has 0 aliphatic rings. The predicted octanol–water partition coefficient (Wildman–Crippen LogP) is 3.02. The van der Waals surface area contributed by atoms with E-state index in [1.807, 2.05) is 0 Å². The molecular formula is C9H3F6N3O5. The summed E-state index contributed by atoms with van der Waals surface area (Å²) in [7, 11) is 0. The number of benzene rings is 1. The number of nitro groups is 2. The van der Waals surface area contributed by atoms with E-state index < -0.39 is 50.7 Å². The zero-order valence-electron chi connectivity index (χ0n) is 10.4. The van der Waals surface area contributed by atoms with Crippen molar-refractivity contribution in [3.8, 4) is 0 Å². The molecule has 23 heavy (non-hydrogen) atoms. The second kappa shape index (κ2) is 5.69. The summed E-state index contributed by atoms with van der Waals surface area (Å²) in [6.07, 6.45) is -10.8. The minimum absolute atomic E-state index is 0.223. The zero-order valence-corrected chi connectivity index (χ0v) is 10.4. The Morgan fingerprint density at radius 2 is 1.35 bits per heavy atom. The molecule has 0 fully saturated rings. The molecule has 14 heteroatoms. The average molecular weight is 347 g/mol. The number of anilines is 1. The number of amides is 1. The summed E-state index contributed by atoms with van der Waals surface area (Å²) in [5, 5.41) is 22.2. The SMILES string of the molecule is O=C(Nc1c([N+](=O)[O-])cc(C(F)(F)F)cc1[N+](=O)[O-])C(F)(F)F. The molecule has 1 aromatic carbocycles. The van der Waals surface area contributed by atoms with Gasteiger partial charge in [0.15, 0.2) is 5.69 Å². The number of carbonyl (C=O) groups is 1. The van der Waals surface area contributed by atoms with Gasteiger partial charge in [0.05, 0.1) is 15.4 Å². The summed E-state index contributed by atoms with van der Waals surface area (Å²) in [5.41, 5.74) is -6.84. The fourth-order valence-electron chi connectivity index (χ4n) is 1.38. The normalized spacial score (nSPS) is 11.9. The van der Waals surface area contributed by atoms with Crippen LogP contribution < -0.4 is 5.32 Å². The van der Waals surface area contributed by atoms with Crippen molar-refractivity contribution in [1.82, 2.24) is 0 Å². The maximum atomic E-state index is 12.5. The van der Waals surface area contributed by atoms with Crippen LogP contribution in [-0.2, 0) is 11.0 Å². The molecule has 126 valence electrons. The minimum Gasteiger partial charge on any atom is -0.307 e. The van der Waals surface area contributed by atoms with Crippen molar-refractivity contribution in [3.05, 3.63) is 37.9 Å². The lowest BCUT2D eigenvalue weighted by Gasteiger charge is -2.11. The van der Waals surface area contributed by atoms with E-state index >= 15 is 0 Å². The Morgan fingerprint density at radius 3 is 1.61 bits per heavy atom. The lowest BCUT2D eigenvalue weighted by Crippen LogP contribution is -2.30. The van der Waals surface area contributed by atoms with Gasteiger partial charge in [-0.2, -0.15) is 26.3 Å². The predicted molar refractivity (Wildman–Crippen MR) is 59.4 cm³/mol. The number of hydrogen-bond acceptors (Lipinski definition) is 5. The maximum absolute atomic E-state index is 12.5. The molecule has 8 nitrogen and oxygen atoms in total. The lowest BCUT2D eigenvalue weighted by atomic mass is 10.1. The average Bonchev–Trinajstić information content (AvgIpc) is 2.35. The van der Waals surface area contributed by atoms with Crippen LogP contribution in [0.2, 0.25) is 0 Å². The Hall–Kier alpha value is -2.93. The van der Waals surface area contributed by atoms with Crippen molar-refractivity contribution in [2.24, 2.45) is 0 Å². The number of rotatable bonds is 3. The van der Waals surface area contributed by atoms with E-state index in [9.17, 15) is 51.4 Å². The van der Waals surface area contributed by atoms with Gasteiger partial charge in [0.25, 0.3) is 0 Å². The van der Waals surface area contributed by atoms with E-state index in [1.165, 1.54) is 0 Å². The molecule has 0 bridgehead atoms. The van der Waals surface area contributed by atoms with Crippen LogP contribution in [0.25, 0.3) is 0 Å². The quantitative estimate of drug-likeness (QED) is 0.513. The van der Waals surface area contributed by atoms with E-state index in [2.05, 4.69) is 0 Å². The highest BCUT2D eigenvalue weighted by molar-refractivity contribution is 5.99. The minimum atomic E-state index is -5.57. The van der Waals surface area contributed by atoms with Crippen LogP contribution in [-0.4, -0.2) is 21.9 Å². The van der Waals surface area contributed by atoms with Gasteiger partial charge in [-0.25, -0.2) is 0 Å². The molecule has 1 amide bonds. The number of alkyl halides is 6. The van der Waals surface area contributed by atoms with Gasteiger partial charge in [-0.15, -0.1) is 0 Å². The molecule has 0 heterocycles. The molecule has 1 rings (SSSR count).